The first-order chi connectivity index (χ1) is 6.65. The molecule has 1 aliphatic rings. The fraction of sp³-hybridized carbons (Fsp3) is 0.500. The van der Waals surface area contributed by atoms with Crippen LogP contribution in [0.25, 0.3) is 0 Å². The van der Waals surface area contributed by atoms with Crippen LogP contribution < -0.4 is 0 Å². The molecule has 1 unspecified atom stereocenters. The van der Waals surface area contributed by atoms with Crippen LogP contribution in [0.4, 0.5) is 4.39 Å². The highest BCUT2D eigenvalue weighted by atomic mass is 19.1. The second-order valence-corrected chi connectivity index (χ2v) is 3.68. The topological polar surface area (TPSA) is 53.4 Å². The molecule has 0 bridgehead atoms. The molecule has 0 aliphatic heterocycles. The molecule has 0 saturated carbocycles. The van der Waals surface area contributed by atoms with Gasteiger partial charge < -0.3 is 10.2 Å². The first kappa shape index (κ1) is 9.55. The van der Waals surface area contributed by atoms with Crippen LogP contribution in [-0.4, -0.2) is 21.8 Å². The number of aliphatic hydroxyl groups is 2. The maximum Gasteiger partial charge on any atom is 0.213 e. The summed E-state index contributed by atoms with van der Waals surface area (Å²) in [6, 6.07) is 2.90. The number of nitrogens with zero attached hydrogens (tertiary/aromatic N) is 1. The van der Waals surface area contributed by atoms with Crippen molar-refractivity contribution in [1.82, 2.24) is 4.98 Å². The first-order valence-corrected chi connectivity index (χ1v) is 4.65. The van der Waals surface area contributed by atoms with Gasteiger partial charge in [0.2, 0.25) is 5.95 Å². The molecule has 0 fully saturated rings. The molecule has 1 aromatic rings. The van der Waals surface area contributed by atoms with Gasteiger partial charge in [0.15, 0.2) is 0 Å². The van der Waals surface area contributed by atoms with Crippen LogP contribution in [0.15, 0.2) is 12.1 Å². The van der Waals surface area contributed by atoms with Gasteiger partial charge in [-0.15, -0.1) is 0 Å². The Morgan fingerprint density at radius 1 is 1.50 bits per heavy atom. The summed E-state index contributed by atoms with van der Waals surface area (Å²) in [6.45, 7) is -0.406. The zero-order valence-electron chi connectivity index (χ0n) is 7.70. The van der Waals surface area contributed by atoms with Crippen LogP contribution in [-0.2, 0) is 12.0 Å². The zero-order chi connectivity index (χ0) is 10.2. The third kappa shape index (κ3) is 1.40. The lowest BCUT2D eigenvalue weighted by Crippen LogP contribution is -2.35. The van der Waals surface area contributed by atoms with Crippen LogP contribution in [0.5, 0.6) is 0 Å². The molecule has 2 N–H and O–H groups in total. The van der Waals surface area contributed by atoms with Crippen molar-refractivity contribution in [2.24, 2.45) is 0 Å². The quantitative estimate of drug-likeness (QED) is 0.653. The van der Waals surface area contributed by atoms with E-state index < -0.39 is 18.2 Å². The van der Waals surface area contributed by atoms with Gasteiger partial charge in [-0.05, 0) is 30.9 Å². The summed E-state index contributed by atoms with van der Waals surface area (Å²) in [5.41, 5.74) is -0.226. The molecule has 0 radical (unpaired) electrons. The number of aliphatic hydroxyl groups excluding tert-OH is 1. The SMILES string of the molecule is OCC1(O)CCCc2ccc(F)nc21. The van der Waals surface area contributed by atoms with Gasteiger partial charge in [0.05, 0.1) is 12.3 Å². The third-order valence-corrected chi connectivity index (χ3v) is 2.68. The van der Waals surface area contributed by atoms with Crippen molar-refractivity contribution >= 4 is 0 Å². The predicted octanol–water partition coefficient (Wildman–Crippen LogP) is 0.737. The minimum absolute atomic E-state index is 0.297. The van der Waals surface area contributed by atoms with Crippen LogP contribution in [0.3, 0.4) is 0 Å². The fourth-order valence-corrected chi connectivity index (χ4v) is 1.91. The van der Waals surface area contributed by atoms with Crippen molar-refractivity contribution in [1.29, 1.82) is 0 Å². The van der Waals surface area contributed by atoms with E-state index in [2.05, 4.69) is 4.98 Å². The van der Waals surface area contributed by atoms with Gasteiger partial charge in [0, 0.05) is 0 Å². The summed E-state index contributed by atoms with van der Waals surface area (Å²) in [6.07, 6.45) is 2.01. The number of hydrogen-bond donors (Lipinski definition) is 2. The molecule has 0 aromatic carbocycles. The van der Waals surface area contributed by atoms with E-state index in [1.807, 2.05) is 0 Å². The van der Waals surface area contributed by atoms with Crippen molar-refractivity contribution in [3.05, 3.63) is 29.3 Å². The van der Waals surface area contributed by atoms with E-state index in [4.69, 9.17) is 5.11 Å². The standard InChI is InChI=1S/C10H12FNO2/c11-8-4-3-7-2-1-5-10(14,6-13)9(7)12-8/h3-4,13-14H,1-2,5-6H2. The lowest BCUT2D eigenvalue weighted by molar-refractivity contribution is -0.0369. The Kier molecular flexibility index (Phi) is 2.25. The van der Waals surface area contributed by atoms with E-state index in [9.17, 15) is 9.50 Å². The minimum Gasteiger partial charge on any atom is -0.393 e. The summed E-state index contributed by atoms with van der Waals surface area (Å²) >= 11 is 0. The molecule has 4 heteroatoms. The Labute approximate surface area is 81.2 Å². The second-order valence-electron chi connectivity index (χ2n) is 3.68. The Morgan fingerprint density at radius 2 is 2.29 bits per heavy atom. The van der Waals surface area contributed by atoms with E-state index in [1.165, 1.54) is 6.07 Å². The van der Waals surface area contributed by atoms with Crippen molar-refractivity contribution in [3.63, 3.8) is 0 Å². The Bertz CT molecular complexity index is 356. The van der Waals surface area contributed by atoms with Crippen molar-refractivity contribution < 1.29 is 14.6 Å². The molecular formula is C10H12FNO2. The summed E-state index contributed by atoms with van der Waals surface area (Å²) < 4.78 is 12.9. The molecule has 2 rings (SSSR count). The van der Waals surface area contributed by atoms with Crippen LogP contribution in [0.1, 0.15) is 24.1 Å². The largest absolute Gasteiger partial charge is 0.393 e. The summed E-state index contributed by atoms with van der Waals surface area (Å²) in [5, 5.41) is 19.1. The summed E-state index contributed by atoms with van der Waals surface area (Å²) in [5.74, 6) is -0.613. The Hall–Kier alpha value is -1.00. The van der Waals surface area contributed by atoms with E-state index >= 15 is 0 Å². The number of halogens is 1. The fourth-order valence-electron chi connectivity index (χ4n) is 1.91. The highest BCUT2D eigenvalue weighted by Crippen LogP contribution is 2.33. The summed E-state index contributed by atoms with van der Waals surface area (Å²) in [4.78, 5) is 3.66. The van der Waals surface area contributed by atoms with E-state index in [0.717, 1.165) is 18.4 Å². The lowest BCUT2D eigenvalue weighted by atomic mass is 9.83. The molecule has 0 spiro atoms. The van der Waals surface area contributed by atoms with Crippen LogP contribution >= 0.6 is 0 Å². The number of fused-ring (bicyclic) bond motifs is 1. The van der Waals surface area contributed by atoms with Crippen LogP contribution in [0.2, 0.25) is 0 Å². The Balaban J connectivity index is 2.52. The van der Waals surface area contributed by atoms with Gasteiger partial charge in [0.1, 0.15) is 5.60 Å². The van der Waals surface area contributed by atoms with E-state index in [1.54, 1.807) is 6.07 Å². The highest BCUT2D eigenvalue weighted by molar-refractivity contribution is 5.28. The molecule has 1 atom stereocenters. The molecule has 3 nitrogen and oxygen atoms in total. The van der Waals surface area contributed by atoms with Crippen molar-refractivity contribution in [2.75, 3.05) is 6.61 Å². The third-order valence-electron chi connectivity index (χ3n) is 2.68. The van der Waals surface area contributed by atoms with Gasteiger partial charge in [0.25, 0.3) is 0 Å². The second kappa shape index (κ2) is 3.29. The number of hydrogen-bond acceptors (Lipinski definition) is 3. The summed E-state index contributed by atoms with van der Waals surface area (Å²) in [7, 11) is 0. The zero-order valence-corrected chi connectivity index (χ0v) is 7.70. The number of rotatable bonds is 1. The molecule has 0 saturated heterocycles. The molecular weight excluding hydrogens is 185 g/mol. The average molecular weight is 197 g/mol. The monoisotopic (exact) mass is 197 g/mol. The maximum absolute atomic E-state index is 12.9. The predicted molar refractivity (Wildman–Crippen MR) is 48.1 cm³/mol. The average Bonchev–Trinajstić information content (AvgIpc) is 2.20. The van der Waals surface area contributed by atoms with Crippen molar-refractivity contribution in [2.45, 2.75) is 24.9 Å². The van der Waals surface area contributed by atoms with Crippen molar-refractivity contribution in [3.8, 4) is 0 Å². The number of aromatic nitrogens is 1. The molecule has 1 heterocycles. The first-order valence-electron chi connectivity index (χ1n) is 4.65. The lowest BCUT2D eigenvalue weighted by Gasteiger charge is -2.31. The van der Waals surface area contributed by atoms with Gasteiger partial charge >= 0.3 is 0 Å². The molecule has 14 heavy (non-hydrogen) atoms. The van der Waals surface area contributed by atoms with E-state index in [-0.39, 0.29) is 0 Å². The molecule has 0 amide bonds. The normalized spacial score (nSPS) is 25.9. The van der Waals surface area contributed by atoms with Gasteiger partial charge in [-0.3, -0.25) is 0 Å². The van der Waals surface area contributed by atoms with Gasteiger partial charge in [-0.2, -0.15) is 4.39 Å². The smallest absolute Gasteiger partial charge is 0.213 e. The van der Waals surface area contributed by atoms with Crippen LogP contribution in [0, 0.1) is 5.95 Å². The van der Waals surface area contributed by atoms with Gasteiger partial charge in [-0.25, -0.2) is 4.98 Å². The van der Waals surface area contributed by atoms with E-state index in [0.29, 0.717) is 12.1 Å². The molecule has 76 valence electrons. The molecule has 1 aromatic heterocycles. The number of aryl methyl sites for hydroxylation is 1. The minimum atomic E-state index is -1.35. The van der Waals surface area contributed by atoms with Gasteiger partial charge in [-0.1, -0.05) is 6.07 Å². The molecule has 1 aliphatic carbocycles. The Morgan fingerprint density at radius 3 is 3.00 bits per heavy atom. The maximum atomic E-state index is 12.9. The highest BCUT2D eigenvalue weighted by Gasteiger charge is 2.35. The number of pyridine rings is 1.